The lowest BCUT2D eigenvalue weighted by Crippen LogP contribution is -2.40. The molecule has 1 saturated heterocycles. The molecule has 132 valence electrons. The second-order valence-electron chi connectivity index (χ2n) is 5.79. The van der Waals surface area contributed by atoms with Crippen LogP contribution in [-0.4, -0.2) is 38.7 Å². The second kappa shape index (κ2) is 6.63. The molecule has 1 fully saturated rings. The van der Waals surface area contributed by atoms with Crippen molar-refractivity contribution in [2.45, 2.75) is 23.9 Å². The fraction of sp³-hybridized carbons (Fsp3) is 0.312. The number of nitrogens with zero attached hydrogens (tertiary/aromatic N) is 2. The maximum atomic E-state index is 13.2. The Bertz CT molecular complexity index is 1010. The van der Waals surface area contributed by atoms with Crippen molar-refractivity contribution in [1.82, 2.24) is 4.31 Å². The molecule has 2 heterocycles. The van der Waals surface area contributed by atoms with E-state index in [0.717, 1.165) is 4.31 Å². The van der Waals surface area contributed by atoms with Crippen molar-refractivity contribution in [3.63, 3.8) is 0 Å². The van der Waals surface area contributed by atoms with Gasteiger partial charge in [0.05, 0.1) is 34.8 Å². The largest absolute Gasteiger partial charge is 0.468 e. The number of sulfone groups is 1. The van der Waals surface area contributed by atoms with Crippen LogP contribution in [0.1, 0.15) is 17.7 Å². The van der Waals surface area contributed by atoms with Crippen molar-refractivity contribution in [3.8, 4) is 6.07 Å². The van der Waals surface area contributed by atoms with Gasteiger partial charge in [0.25, 0.3) is 0 Å². The molecule has 3 rings (SSSR count). The van der Waals surface area contributed by atoms with E-state index in [1.54, 1.807) is 18.2 Å². The monoisotopic (exact) mass is 380 g/mol. The summed E-state index contributed by atoms with van der Waals surface area (Å²) in [6, 6.07) is 10.3. The van der Waals surface area contributed by atoms with Crippen LogP contribution in [0.3, 0.4) is 0 Å². The van der Waals surface area contributed by atoms with Crippen molar-refractivity contribution in [1.29, 1.82) is 5.26 Å². The van der Waals surface area contributed by atoms with E-state index in [4.69, 9.17) is 4.42 Å². The fourth-order valence-corrected chi connectivity index (χ4v) is 6.47. The van der Waals surface area contributed by atoms with Gasteiger partial charge >= 0.3 is 0 Å². The Kier molecular flexibility index (Phi) is 4.69. The third-order valence-electron chi connectivity index (χ3n) is 4.10. The van der Waals surface area contributed by atoms with Gasteiger partial charge in [0, 0.05) is 6.04 Å². The van der Waals surface area contributed by atoms with Crippen LogP contribution >= 0.6 is 0 Å². The van der Waals surface area contributed by atoms with Gasteiger partial charge in [-0.15, -0.1) is 0 Å². The van der Waals surface area contributed by atoms with E-state index >= 15 is 0 Å². The maximum absolute atomic E-state index is 13.2. The van der Waals surface area contributed by atoms with E-state index in [2.05, 4.69) is 0 Å². The van der Waals surface area contributed by atoms with Gasteiger partial charge in [-0.3, -0.25) is 0 Å². The summed E-state index contributed by atoms with van der Waals surface area (Å²) in [5.74, 6) is 0.117. The van der Waals surface area contributed by atoms with E-state index in [9.17, 15) is 22.1 Å². The minimum atomic E-state index is -4.07. The van der Waals surface area contributed by atoms with Crippen molar-refractivity contribution < 1.29 is 21.3 Å². The number of furan rings is 1. The normalized spacial score (nSPS) is 19.8. The predicted molar refractivity (Wildman–Crippen MR) is 89.7 cm³/mol. The summed E-state index contributed by atoms with van der Waals surface area (Å²) >= 11 is 0. The van der Waals surface area contributed by atoms with Crippen LogP contribution in [0.5, 0.6) is 0 Å². The topological polar surface area (TPSA) is 108 Å². The molecular weight excluding hydrogens is 364 g/mol. The SMILES string of the molecule is N#Cc1ccccc1S(=O)(=O)N(Cc1ccco1)[C@@H]1CCS(=O)(=O)C1. The van der Waals surface area contributed by atoms with Crippen LogP contribution in [0.15, 0.2) is 52.0 Å². The van der Waals surface area contributed by atoms with Gasteiger partial charge in [0.2, 0.25) is 10.0 Å². The average molecular weight is 380 g/mol. The average Bonchev–Trinajstić information content (AvgIpc) is 3.21. The van der Waals surface area contributed by atoms with Crippen LogP contribution in [0.25, 0.3) is 0 Å². The van der Waals surface area contributed by atoms with Gasteiger partial charge in [-0.05, 0) is 30.7 Å². The molecule has 0 spiro atoms. The van der Waals surface area contributed by atoms with E-state index in [0.29, 0.717) is 5.76 Å². The predicted octanol–water partition coefficient (Wildman–Crippen LogP) is 1.53. The summed E-state index contributed by atoms with van der Waals surface area (Å²) in [5.41, 5.74) is 0.0211. The molecule has 0 bridgehead atoms. The van der Waals surface area contributed by atoms with Crippen molar-refractivity contribution in [2.24, 2.45) is 0 Å². The highest BCUT2D eigenvalue weighted by atomic mass is 32.2. The zero-order valence-electron chi connectivity index (χ0n) is 13.2. The van der Waals surface area contributed by atoms with Crippen LogP contribution in [-0.2, 0) is 26.4 Å². The van der Waals surface area contributed by atoms with Crippen molar-refractivity contribution in [2.75, 3.05) is 11.5 Å². The third kappa shape index (κ3) is 3.61. The van der Waals surface area contributed by atoms with E-state index in [1.807, 2.05) is 6.07 Å². The van der Waals surface area contributed by atoms with Gasteiger partial charge in [0.15, 0.2) is 9.84 Å². The maximum Gasteiger partial charge on any atom is 0.245 e. The summed E-state index contributed by atoms with van der Waals surface area (Å²) in [6.07, 6.45) is 1.64. The number of hydrogen-bond acceptors (Lipinski definition) is 6. The molecule has 0 N–H and O–H groups in total. The molecule has 7 nitrogen and oxygen atoms in total. The smallest absolute Gasteiger partial charge is 0.245 e. The molecule has 9 heteroatoms. The first kappa shape index (κ1) is 17.7. The Hall–Kier alpha value is -2.15. The number of nitriles is 1. The fourth-order valence-electron chi connectivity index (χ4n) is 2.88. The molecule has 25 heavy (non-hydrogen) atoms. The minimum absolute atomic E-state index is 0.0211. The van der Waals surface area contributed by atoms with Crippen LogP contribution < -0.4 is 0 Å². The number of benzene rings is 1. The van der Waals surface area contributed by atoms with Gasteiger partial charge in [0.1, 0.15) is 11.8 Å². The van der Waals surface area contributed by atoms with Crippen LogP contribution in [0, 0.1) is 11.3 Å². The lowest BCUT2D eigenvalue weighted by molar-refractivity contribution is 0.307. The summed E-state index contributed by atoms with van der Waals surface area (Å²) in [7, 11) is -7.35. The molecule has 0 aliphatic carbocycles. The first-order valence-electron chi connectivity index (χ1n) is 7.57. The molecular formula is C16H16N2O5S2. The Morgan fingerprint density at radius 2 is 2.00 bits per heavy atom. The number of rotatable bonds is 5. The zero-order chi connectivity index (χ0) is 18.1. The van der Waals surface area contributed by atoms with Gasteiger partial charge < -0.3 is 4.42 Å². The molecule has 1 aliphatic heterocycles. The molecule has 1 aliphatic rings. The van der Waals surface area contributed by atoms with E-state index < -0.39 is 25.9 Å². The van der Waals surface area contributed by atoms with Crippen molar-refractivity contribution in [3.05, 3.63) is 54.0 Å². The summed E-state index contributed by atoms with van der Waals surface area (Å²) < 4.78 is 56.4. The Morgan fingerprint density at radius 1 is 1.24 bits per heavy atom. The molecule has 0 amide bonds. The lowest BCUT2D eigenvalue weighted by atomic mass is 10.2. The van der Waals surface area contributed by atoms with E-state index in [1.165, 1.54) is 24.5 Å². The quantitative estimate of drug-likeness (QED) is 0.778. The third-order valence-corrected chi connectivity index (χ3v) is 7.81. The standard InChI is InChI=1S/C16H16N2O5S2/c17-10-13-4-1-2-6-16(13)25(21,22)18(11-15-5-3-8-23-15)14-7-9-24(19,20)12-14/h1-6,8,14H,7,9,11-12H2/t14-/m1/s1. The highest BCUT2D eigenvalue weighted by Crippen LogP contribution is 2.28. The van der Waals surface area contributed by atoms with Gasteiger partial charge in [-0.25, -0.2) is 16.8 Å². The molecule has 1 atom stereocenters. The summed E-state index contributed by atoms with van der Waals surface area (Å²) in [5, 5.41) is 9.22. The molecule has 2 aromatic rings. The Morgan fingerprint density at radius 3 is 2.60 bits per heavy atom. The Labute approximate surface area is 146 Å². The van der Waals surface area contributed by atoms with Crippen LogP contribution in [0.4, 0.5) is 0 Å². The van der Waals surface area contributed by atoms with E-state index in [-0.39, 0.29) is 34.9 Å². The summed E-state index contributed by atoms with van der Waals surface area (Å²) in [6.45, 7) is -0.0880. The molecule has 1 aromatic heterocycles. The number of hydrogen-bond donors (Lipinski definition) is 0. The summed E-state index contributed by atoms with van der Waals surface area (Å²) in [4.78, 5) is -0.131. The molecule has 0 radical (unpaired) electrons. The van der Waals surface area contributed by atoms with Crippen molar-refractivity contribution >= 4 is 19.9 Å². The molecule has 0 unspecified atom stereocenters. The highest BCUT2D eigenvalue weighted by molar-refractivity contribution is 7.92. The first-order valence-corrected chi connectivity index (χ1v) is 10.8. The Balaban J connectivity index is 2.05. The first-order chi connectivity index (χ1) is 11.8. The second-order valence-corrected chi connectivity index (χ2v) is 9.88. The molecule has 1 aromatic carbocycles. The zero-order valence-corrected chi connectivity index (χ0v) is 14.8. The minimum Gasteiger partial charge on any atom is -0.468 e. The van der Waals surface area contributed by atoms with Crippen LogP contribution in [0.2, 0.25) is 0 Å². The van der Waals surface area contributed by atoms with Gasteiger partial charge in [-0.1, -0.05) is 12.1 Å². The number of sulfonamides is 1. The van der Waals surface area contributed by atoms with Gasteiger partial charge in [-0.2, -0.15) is 9.57 Å². The molecule has 0 saturated carbocycles. The lowest BCUT2D eigenvalue weighted by Gasteiger charge is -2.26. The highest BCUT2D eigenvalue weighted by Gasteiger charge is 2.40.